The van der Waals surface area contributed by atoms with E-state index < -0.39 is 163 Å². The number of nitrogens with one attached hydrogen (secondary N) is 7. The number of sulfonamides is 2. The van der Waals surface area contributed by atoms with Gasteiger partial charge in [0, 0.05) is 115 Å². The molecule has 13 N–H and O–H groups in total. The molecule has 512 valence electrons. The Labute approximate surface area is 540 Å². The lowest BCUT2D eigenvalue weighted by Gasteiger charge is -2.33. The number of fused-ring (bicyclic) bond motifs is 1. The molecule has 0 radical (unpaired) electrons. The topological polar surface area (TPSA) is 488 Å². The molecule has 34 nitrogen and oxygen atoms in total. The molecule has 1 fully saturated rings. The van der Waals surface area contributed by atoms with Gasteiger partial charge < -0.3 is 57.2 Å². The molecule has 3 aromatic carbocycles. The van der Waals surface area contributed by atoms with Gasteiger partial charge in [-0.25, -0.2) is 21.6 Å². The molecule has 3 atom stereocenters. The predicted molar refractivity (Wildman–Crippen MR) is 334 cm³/mol. The van der Waals surface area contributed by atoms with Gasteiger partial charge in [0.1, 0.15) is 18.1 Å². The van der Waals surface area contributed by atoms with Gasteiger partial charge in [0.2, 0.25) is 37.8 Å². The highest BCUT2D eigenvalue weighted by molar-refractivity contribution is 7.89. The van der Waals surface area contributed by atoms with Crippen LogP contribution >= 0.6 is 0 Å². The molecule has 0 saturated carbocycles. The number of aliphatic carboxylic acids is 6. The van der Waals surface area contributed by atoms with Crippen molar-refractivity contribution >= 4 is 96.2 Å². The van der Waals surface area contributed by atoms with E-state index in [1.54, 1.807) is 38.9 Å². The Morgan fingerprint density at radius 3 is 1.53 bits per heavy atom. The van der Waals surface area contributed by atoms with E-state index in [2.05, 4.69) is 46.1 Å². The minimum Gasteiger partial charge on any atom is -0.481 e. The number of carboxylic acid groups (broad SMARTS) is 6. The van der Waals surface area contributed by atoms with Gasteiger partial charge in [0.05, 0.1) is 60.1 Å². The highest BCUT2D eigenvalue weighted by Crippen LogP contribution is 2.24. The SMILES string of the molecule is O=C(O)CCC(NC(=O)CN1CCN(CC(=O)O)CCN(CC(=O)O)CCN(CC(=O)O)CC1)C(=O)NC(CCC(=O)O)C(=O)NCCNS(=O)(=O)c1ccc(-c2ccc(S(=O)(=O)NC(CNC(=O)c3ccc4c(cnn4CCNC4=NCCCC4)c3)C(=O)O)cc2)cc1. The fourth-order valence-corrected chi connectivity index (χ4v) is 12.3. The van der Waals surface area contributed by atoms with Crippen molar-refractivity contribution in [2.75, 3.05) is 111 Å². The highest BCUT2D eigenvalue weighted by atomic mass is 32.2. The first-order valence-corrected chi connectivity index (χ1v) is 32.9. The molecule has 0 bridgehead atoms. The molecule has 3 heterocycles. The van der Waals surface area contributed by atoms with Crippen LogP contribution in [0.2, 0.25) is 0 Å². The van der Waals surface area contributed by atoms with Gasteiger partial charge in [-0.15, -0.1) is 0 Å². The lowest BCUT2D eigenvalue weighted by Crippen LogP contribution is -2.55. The van der Waals surface area contributed by atoms with Crippen molar-refractivity contribution in [3.05, 3.63) is 78.5 Å². The summed E-state index contributed by atoms with van der Waals surface area (Å²) < 4.78 is 59.7. The molecule has 6 rings (SSSR count). The molecule has 36 heteroatoms. The van der Waals surface area contributed by atoms with E-state index in [9.17, 15) is 95.4 Å². The lowest BCUT2D eigenvalue weighted by atomic mass is 10.1. The van der Waals surface area contributed by atoms with Crippen molar-refractivity contribution in [1.82, 2.24) is 65.4 Å². The fraction of sp³-hybridized carbons (Fsp3) is 0.483. The minimum atomic E-state index is -4.48. The Hall–Kier alpha value is -9.04. The number of amides is 4. The zero-order chi connectivity index (χ0) is 68.5. The van der Waals surface area contributed by atoms with E-state index in [4.69, 9.17) is 0 Å². The predicted octanol–water partition coefficient (Wildman–Crippen LogP) is -2.39. The number of hydrogen-bond acceptors (Lipinski definition) is 21. The van der Waals surface area contributed by atoms with Gasteiger partial charge in [0.25, 0.3) is 5.91 Å². The molecular weight excluding hydrogens is 1280 g/mol. The van der Waals surface area contributed by atoms with Crippen LogP contribution in [0.25, 0.3) is 22.0 Å². The number of carboxylic acids is 6. The molecule has 2 aliphatic rings. The summed E-state index contributed by atoms with van der Waals surface area (Å²) in [6.07, 6.45) is 2.33. The second kappa shape index (κ2) is 35.8. The number of aliphatic imine (C=N–C) groups is 1. The second-order valence-electron chi connectivity index (χ2n) is 22.1. The first kappa shape index (κ1) is 74.0. The van der Waals surface area contributed by atoms with Crippen molar-refractivity contribution in [3.8, 4) is 11.1 Å². The number of carbonyl (C=O) groups excluding carboxylic acids is 4. The summed E-state index contributed by atoms with van der Waals surface area (Å²) >= 11 is 0. The average molecular weight is 1360 g/mol. The third kappa shape index (κ3) is 24.5. The monoisotopic (exact) mass is 1350 g/mol. The van der Waals surface area contributed by atoms with Crippen LogP contribution in [0.4, 0.5) is 0 Å². The van der Waals surface area contributed by atoms with Crippen LogP contribution in [-0.4, -0.2) is 272 Å². The third-order valence-electron chi connectivity index (χ3n) is 15.1. The van der Waals surface area contributed by atoms with Gasteiger partial charge >= 0.3 is 35.8 Å². The number of carbonyl (C=O) groups is 10. The number of amidine groups is 1. The molecule has 3 unspecified atom stereocenters. The lowest BCUT2D eigenvalue weighted by molar-refractivity contribution is -0.140. The van der Waals surface area contributed by atoms with Crippen molar-refractivity contribution in [2.24, 2.45) is 4.99 Å². The van der Waals surface area contributed by atoms with E-state index >= 15 is 0 Å². The molecule has 94 heavy (non-hydrogen) atoms. The average Bonchev–Trinajstić information content (AvgIpc) is 1.45. The summed E-state index contributed by atoms with van der Waals surface area (Å²) in [5.74, 6) is -10.3. The number of nitrogens with zero attached hydrogens (tertiary/aromatic N) is 7. The molecular formula is C58H78N14O20S2. The molecule has 0 spiro atoms. The van der Waals surface area contributed by atoms with Crippen LogP contribution in [0.15, 0.2) is 87.7 Å². The summed E-state index contributed by atoms with van der Waals surface area (Å²) in [4.78, 5) is 135. The van der Waals surface area contributed by atoms with Gasteiger partial charge in [0.15, 0.2) is 0 Å². The van der Waals surface area contributed by atoms with Gasteiger partial charge in [-0.2, -0.15) is 9.82 Å². The molecule has 0 aliphatic carbocycles. The molecule has 4 amide bonds. The fourth-order valence-electron chi connectivity index (χ4n) is 10.1. The quantitative estimate of drug-likeness (QED) is 0.0217. The maximum Gasteiger partial charge on any atom is 0.323 e. The van der Waals surface area contributed by atoms with Crippen LogP contribution in [0, 0.1) is 0 Å². The van der Waals surface area contributed by atoms with Crippen LogP contribution in [-0.2, 0) is 69.7 Å². The summed E-state index contributed by atoms with van der Waals surface area (Å²) in [6, 6.07) is 10.4. The van der Waals surface area contributed by atoms with Crippen LogP contribution in [0.5, 0.6) is 0 Å². The zero-order valence-electron chi connectivity index (χ0n) is 51.2. The Morgan fingerprint density at radius 1 is 0.532 bits per heavy atom. The number of rotatable bonds is 34. The normalized spacial score (nSPS) is 16.0. The van der Waals surface area contributed by atoms with E-state index in [1.807, 2.05) is 0 Å². The van der Waals surface area contributed by atoms with E-state index in [1.165, 1.54) is 58.3 Å². The third-order valence-corrected chi connectivity index (χ3v) is 18.0. The van der Waals surface area contributed by atoms with E-state index in [-0.39, 0.29) is 74.3 Å². The Morgan fingerprint density at radius 2 is 1.04 bits per heavy atom. The van der Waals surface area contributed by atoms with Gasteiger partial charge in [-0.05, 0) is 79.3 Å². The first-order valence-electron chi connectivity index (χ1n) is 30.0. The van der Waals surface area contributed by atoms with E-state index in [0.29, 0.717) is 29.6 Å². The van der Waals surface area contributed by atoms with Crippen molar-refractivity contribution < 1.29 is 95.4 Å². The standard InChI is InChI=1S/C58H78N14O20S2/c73-49(34-68-23-25-69(35-52(78)79)27-29-71(37-54(82)83)30-28-70(26-24-68)36-53(80)81)65-45(14-17-51(76)77)57(86)66-44(13-16-50(74)75)56(85)61-19-20-64-93(89,90)42-9-4-38(5-10-42)39-6-11-43(12-7-39)94(91,92)67-46(58(87)88)33-62-55(84)40-8-15-47-41(31-40)32-63-72(47)22-21-60-48-3-1-2-18-59-48/h4-12,15,31-32,44-46,64,67H,1-3,13-14,16-30,33-37H2,(H,59,60)(H,61,85)(H,62,84)(H,65,73)(H,66,86)(H,74,75)(H,76,77)(H,78,79)(H,80,81)(H,82,83)(H,87,88). The molecule has 1 aromatic heterocycles. The Balaban J connectivity index is 1.000. The second-order valence-corrected chi connectivity index (χ2v) is 25.6. The van der Waals surface area contributed by atoms with Gasteiger partial charge in [-0.3, -0.25) is 77.2 Å². The summed E-state index contributed by atoms with van der Waals surface area (Å²) in [5, 5.41) is 75.6. The van der Waals surface area contributed by atoms with Crippen LogP contribution in [0.3, 0.4) is 0 Å². The summed E-state index contributed by atoms with van der Waals surface area (Å²) in [6.45, 7) is -0.640. The van der Waals surface area contributed by atoms with Crippen molar-refractivity contribution in [3.63, 3.8) is 0 Å². The zero-order valence-corrected chi connectivity index (χ0v) is 52.8. The van der Waals surface area contributed by atoms with E-state index in [0.717, 1.165) is 37.2 Å². The maximum atomic E-state index is 13.8. The van der Waals surface area contributed by atoms with Crippen molar-refractivity contribution in [1.29, 1.82) is 0 Å². The minimum absolute atomic E-state index is 0.0262. The smallest absolute Gasteiger partial charge is 0.323 e. The maximum absolute atomic E-state index is 13.8. The molecule has 1 saturated heterocycles. The van der Waals surface area contributed by atoms with Gasteiger partial charge in [-0.1, -0.05) is 24.3 Å². The van der Waals surface area contributed by atoms with Crippen LogP contribution in [0.1, 0.15) is 55.3 Å². The highest BCUT2D eigenvalue weighted by Gasteiger charge is 2.31. The number of benzene rings is 3. The molecule has 2 aliphatic heterocycles. The van der Waals surface area contributed by atoms with Crippen LogP contribution < -0.4 is 36.0 Å². The largest absolute Gasteiger partial charge is 0.481 e. The number of hydrogen-bond donors (Lipinski definition) is 13. The summed E-state index contributed by atoms with van der Waals surface area (Å²) in [7, 11) is -8.74. The summed E-state index contributed by atoms with van der Waals surface area (Å²) in [5.41, 5.74) is 1.84. The Kier molecular flexibility index (Phi) is 28.2. The number of aromatic nitrogens is 2. The molecule has 4 aromatic rings. The first-order chi connectivity index (χ1) is 44.6. The Bertz CT molecular complexity index is 3580. The van der Waals surface area contributed by atoms with Crippen molar-refractivity contribution in [2.45, 2.75) is 79.4 Å².